The number of nitrogens with zero attached hydrogens (tertiary/aromatic N) is 5. The standard InChI is InChI=1S/C29H31FN6O7S/c1-18-4-7-23(8-5-18)44(38,39)43-17-22-16-41-21(15-42-22)13-36-14-27(34-35-36)25-11-26(33-19(2)32-25)29(37)31-12-20-6-9-24(30)28(10-20)40-3/h4-11,14,21-22H,12-13,15-17H2,1-3H3,(H,31,37)/t21-,22-/m0/s1. The van der Waals surface area contributed by atoms with Gasteiger partial charge in [-0.15, -0.1) is 5.10 Å². The Balaban J connectivity index is 1.13. The average molecular weight is 627 g/mol. The first-order valence-corrected chi connectivity index (χ1v) is 15.1. The molecule has 2 atom stereocenters. The van der Waals surface area contributed by atoms with Crippen molar-refractivity contribution < 1.29 is 36.0 Å². The third-order valence-electron chi connectivity index (χ3n) is 6.69. The van der Waals surface area contributed by atoms with Gasteiger partial charge in [0.25, 0.3) is 16.0 Å². The molecule has 1 saturated heterocycles. The van der Waals surface area contributed by atoms with E-state index in [0.29, 0.717) is 29.3 Å². The van der Waals surface area contributed by atoms with Crippen molar-refractivity contribution >= 4 is 16.0 Å². The van der Waals surface area contributed by atoms with Crippen molar-refractivity contribution in [2.24, 2.45) is 0 Å². The second kappa shape index (κ2) is 13.5. The van der Waals surface area contributed by atoms with Gasteiger partial charge in [0.2, 0.25) is 0 Å². The van der Waals surface area contributed by atoms with Gasteiger partial charge in [0.15, 0.2) is 11.6 Å². The molecule has 232 valence electrons. The summed E-state index contributed by atoms with van der Waals surface area (Å²) in [7, 11) is -2.53. The van der Waals surface area contributed by atoms with Crippen LogP contribution in [-0.4, -0.2) is 78.4 Å². The van der Waals surface area contributed by atoms with Crippen LogP contribution in [0.15, 0.2) is 59.6 Å². The summed E-state index contributed by atoms with van der Waals surface area (Å²) in [5.74, 6) is -0.476. The number of benzene rings is 2. The predicted octanol–water partition coefficient (Wildman–Crippen LogP) is 2.62. The predicted molar refractivity (Wildman–Crippen MR) is 154 cm³/mol. The van der Waals surface area contributed by atoms with E-state index in [1.807, 2.05) is 6.92 Å². The number of nitrogens with one attached hydrogen (secondary N) is 1. The quantitative estimate of drug-likeness (QED) is 0.244. The summed E-state index contributed by atoms with van der Waals surface area (Å²) in [6.07, 6.45) is 0.769. The van der Waals surface area contributed by atoms with Crippen molar-refractivity contribution in [3.63, 3.8) is 0 Å². The Morgan fingerprint density at radius 2 is 1.80 bits per heavy atom. The van der Waals surface area contributed by atoms with E-state index in [9.17, 15) is 17.6 Å². The Hall–Kier alpha value is -4.31. The molecule has 1 fully saturated rings. The number of rotatable bonds is 11. The van der Waals surface area contributed by atoms with Gasteiger partial charge in [0.05, 0.1) is 50.3 Å². The topological polar surface area (TPSA) is 157 Å². The number of ether oxygens (including phenoxy) is 3. The molecule has 4 aromatic rings. The molecule has 2 aromatic heterocycles. The highest BCUT2D eigenvalue weighted by Crippen LogP contribution is 2.20. The zero-order valence-electron chi connectivity index (χ0n) is 24.3. The van der Waals surface area contributed by atoms with Crippen LogP contribution < -0.4 is 10.1 Å². The number of methoxy groups -OCH3 is 1. The van der Waals surface area contributed by atoms with Crippen LogP contribution in [0.3, 0.4) is 0 Å². The largest absolute Gasteiger partial charge is 0.494 e. The van der Waals surface area contributed by atoms with Crippen LogP contribution in [0.25, 0.3) is 11.4 Å². The van der Waals surface area contributed by atoms with Crippen molar-refractivity contribution in [2.45, 2.75) is 44.0 Å². The Morgan fingerprint density at radius 1 is 1.05 bits per heavy atom. The highest BCUT2D eigenvalue weighted by molar-refractivity contribution is 7.86. The third kappa shape index (κ3) is 7.79. The molecule has 3 heterocycles. The molecule has 44 heavy (non-hydrogen) atoms. The van der Waals surface area contributed by atoms with Gasteiger partial charge in [0, 0.05) is 6.54 Å². The van der Waals surface area contributed by atoms with E-state index in [4.69, 9.17) is 18.4 Å². The molecule has 0 spiro atoms. The molecule has 0 unspecified atom stereocenters. The molecule has 1 amide bonds. The van der Waals surface area contributed by atoms with Gasteiger partial charge in [-0.05, 0) is 49.7 Å². The van der Waals surface area contributed by atoms with Gasteiger partial charge >= 0.3 is 0 Å². The maximum Gasteiger partial charge on any atom is 0.297 e. The molecular weight excluding hydrogens is 595 g/mol. The monoisotopic (exact) mass is 626 g/mol. The first-order chi connectivity index (χ1) is 21.1. The summed E-state index contributed by atoms with van der Waals surface area (Å²) in [4.78, 5) is 21.5. The Labute approximate surface area is 253 Å². The lowest BCUT2D eigenvalue weighted by Crippen LogP contribution is -2.40. The second-order valence-electron chi connectivity index (χ2n) is 10.1. The fourth-order valence-corrected chi connectivity index (χ4v) is 5.28. The molecule has 2 aromatic carbocycles. The van der Waals surface area contributed by atoms with Crippen LogP contribution >= 0.6 is 0 Å². The molecule has 1 aliphatic rings. The van der Waals surface area contributed by atoms with E-state index in [1.54, 1.807) is 36.0 Å². The highest BCUT2D eigenvalue weighted by Gasteiger charge is 2.26. The Morgan fingerprint density at radius 3 is 2.52 bits per heavy atom. The van der Waals surface area contributed by atoms with Gasteiger partial charge in [-0.1, -0.05) is 29.0 Å². The summed E-state index contributed by atoms with van der Waals surface area (Å²) in [6.45, 7) is 4.16. The van der Waals surface area contributed by atoms with Gasteiger partial charge in [-0.2, -0.15) is 8.42 Å². The Kier molecular flexibility index (Phi) is 9.58. The lowest BCUT2D eigenvalue weighted by atomic mass is 10.2. The maximum absolute atomic E-state index is 13.7. The van der Waals surface area contributed by atoms with Crippen LogP contribution in [0.1, 0.15) is 27.4 Å². The third-order valence-corrected chi connectivity index (χ3v) is 7.98. The van der Waals surface area contributed by atoms with Crippen molar-refractivity contribution in [3.8, 4) is 17.1 Å². The number of carbonyl (C=O) groups excluding carboxylic acids is 1. The summed E-state index contributed by atoms with van der Waals surface area (Å²) in [6, 6.07) is 12.2. The summed E-state index contributed by atoms with van der Waals surface area (Å²) in [5, 5.41) is 11.1. The normalized spacial score (nSPS) is 16.9. The van der Waals surface area contributed by atoms with Crippen LogP contribution in [0.4, 0.5) is 4.39 Å². The maximum atomic E-state index is 13.7. The van der Waals surface area contributed by atoms with E-state index in [-0.39, 0.29) is 48.8 Å². The lowest BCUT2D eigenvalue weighted by Gasteiger charge is -2.29. The van der Waals surface area contributed by atoms with Crippen LogP contribution in [-0.2, 0) is 36.9 Å². The van der Waals surface area contributed by atoms with Gasteiger partial charge in [0.1, 0.15) is 29.4 Å². The Bertz CT molecular complexity index is 1720. The molecule has 15 heteroatoms. The van der Waals surface area contributed by atoms with Gasteiger partial charge in [-0.25, -0.2) is 19.0 Å². The number of carbonyl (C=O) groups is 1. The molecule has 0 saturated carbocycles. The van der Waals surface area contributed by atoms with E-state index in [1.165, 1.54) is 37.4 Å². The molecule has 1 N–H and O–H groups in total. The van der Waals surface area contributed by atoms with E-state index in [0.717, 1.165) is 5.56 Å². The van der Waals surface area contributed by atoms with E-state index in [2.05, 4.69) is 25.6 Å². The number of hydrogen-bond donors (Lipinski definition) is 1. The van der Waals surface area contributed by atoms with Crippen molar-refractivity contribution in [1.82, 2.24) is 30.3 Å². The smallest absolute Gasteiger partial charge is 0.297 e. The molecule has 13 nitrogen and oxygen atoms in total. The number of halogens is 1. The van der Waals surface area contributed by atoms with E-state index >= 15 is 0 Å². The molecule has 0 aliphatic carbocycles. The zero-order chi connectivity index (χ0) is 31.3. The summed E-state index contributed by atoms with van der Waals surface area (Å²) in [5.41, 5.74) is 2.57. The number of amides is 1. The first kappa shape index (κ1) is 31.1. The van der Waals surface area contributed by atoms with Crippen LogP contribution in [0.2, 0.25) is 0 Å². The van der Waals surface area contributed by atoms with Crippen LogP contribution in [0, 0.1) is 19.7 Å². The molecule has 1 aliphatic heterocycles. The zero-order valence-corrected chi connectivity index (χ0v) is 25.1. The minimum absolute atomic E-state index is 0.0809. The fraction of sp³-hybridized carbons (Fsp3) is 0.345. The van der Waals surface area contributed by atoms with Crippen LogP contribution in [0.5, 0.6) is 5.75 Å². The van der Waals surface area contributed by atoms with Gasteiger partial charge in [-0.3, -0.25) is 8.98 Å². The molecular formula is C29H31FN6O7S. The number of aromatic nitrogens is 5. The summed E-state index contributed by atoms with van der Waals surface area (Å²) >= 11 is 0. The summed E-state index contributed by atoms with van der Waals surface area (Å²) < 4.78 is 61.9. The van der Waals surface area contributed by atoms with Crippen molar-refractivity contribution in [1.29, 1.82) is 0 Å². The highest BCUT2D eigenvalue weighted by atomic mass is 32.2. The second-order valence-corrected chi connectivity index (χ2v) is 11.7. The first-order valence-electron chi connectivity index (χ1n) is 13.7. The number of aryl methyl sites for hydroxylation is 2. The fourth-order valence-electron chi connectivity index (χ4n) is 4.34. The lowest BCUT2D eigenvalue weighted by molar-refractivity contribution is -0.146. The molecule has 0 radical (unpaired) electrons. The minimum Gasteiger partial charge on any atom is -0.494 e. The SMILES string of the molecule is COc1cc(CNC(=O)c2cc(-c3cn(C[C@H]4CO[C@H](COS(=O)(=O)c5ccc(C)cc5)CO4)nn3)nc(C)n2)ccc1F. The number of hydrogen-bond acceptors (Lipinski definition) is 11. The average Bonchev–Trinajstić information content (AvgIpc) is 3.48. The van der Waals surface area contributed by atoms with Crippen molar-refractivity contribution in [2.75, 3.05) is 26.9 Å². The van der Waals surface area contributed by atoms with Crippen molar-refractivity contribution in [3.05, 3.63) is 83.2 Å². The molecule has 5 rings (SSSR count). The van der Waals surface area contributed by atoms with Gasteiger partial charge < -0.3 is 19.5 Å². The molecule has 0 bridgehead atoms. The minimum atomic E-state index is -3.90. The van der Waals surface area contributed by atoms with E-state index < -0.39 is 27.9 Å².